The van der Waals surface area contributed by atoms with Gasteiger partial charge in [-0.05, 0) is 54.8 Å². The predicted octanol–water partition coefficient (Wildman–Crippen LogP) is 5.54. The lowest BCUT2D eigenvalue weighted by Crippen LogP contribution is -2.36. The molecule has 0 aliphatic rings. The fraction of sp³-hybridized carbons (Fsp3) is 0.273. The SMILES string of the molecule is CCCCCCOc1ccc(SNC(=O)NC(=O)c2cc3ccccc3o2)cc1. The number of fused-ring (bicyclic) bond motifs is 1. The molecule has 6 nitrogen and oxygen atoms in total. The van der Waals surface area contributed by atoms with Gasteiger partial charge in [0.2, 0.25) is 0 Å². The molecule has 0 unspecified atom stereocenters. The highest BCUT2D eigenvalue weighted by molar-refractivity contribution is 7.98. The first-order valence-corrected chi connectivity index (χ1v) is 10.5. The van der Waals surface area contributed by atoms with E-state index in [4.69, 9.17) is 9.15 Å². The van der Waals surface area contributed by atoms with E-state index in [-0.39, 0.29) is 5.76 Å². The minimum atomic E-state index is -0.614. The molecule has 0 aliphatic heterocycles. The molecule has 1 heterocycles. The fourth-order valence-corrected chi connectivity index (χ4v) is 3.25. The van der Waals surface area contributed by atoms with E-state index in [2.05, 4.69) is 17.0 Å². The molecule has 2 aromatic carbocycles. The highest BCUT2D eigenvalue weighted by atomic mass is 32.2. The van der Waals surface area contributed by atoms with E-state index in [0.717, 1.165) is 34.4 Å². The van der Waals surface area contributed by atoms with Crippen LogP contribution in [0.2, 0.25) is 0 Å². The molecule has 0 radical (unpaired) electrons. The molecule has 0 saturated heterocycles. The Morgan fingerprint density at radius 2 is 1.83 bits per heavy atom. The molecular formula is C22H24N2O4S. The summed E-state index contributed by atoms with van der Waals surface area (Å²) in [4.78, 5) is 25.0. The Hall–Kier alpha value is -2.93. The lowest BCUT2D eigenvalue weighted by Gasteiger charge is -2.08. The van der Waals surface area contributed by atoms with Gasteiger partial charge >= 0.3 is 6.03 Å². The molecular weight excluding hydrogens is 388 g/mol. The number of unbranched alkanes of at least 4 members (excludes halogenated alkanes) is 3. The number of ether oxygens (including phenoxy) is 1. The van der Waals surface area contributed by atoms with E-state index in [1.54, 1.807) is 12.1 Å². The molecule has 0 bridgehead atoms. The van der Waals surface area contributed by atoms with Crippen molar-refractivity contribution in [2.24, 2.45) is 0 Å². The first-order chi connectivity index (χ1) is 14.2. The quantitative estimate of drug-likeness (QED) is 0.356. The normalized spacial score (nSPS) is 10.7. The maximum atomic E-state index is 12.2. The molecule has 7 heteroatoms. The van der Waals surface area contributed by atoms with Gasteiger partial charge in [0.25, 0.3) is 5.91 Å². The van der Waals surface area contributed by atoms with E-state index in [1.165, 1.54) is 19.3 Å². The zero-order chi connectivity index (χ0) is 20.5. The van der Waals surface area contributed by atoms with Crippen LogP contribution in [0.1, 0.15) is 43.2 Å². The van der Waals surface area contributed by atoms with Crippen LogP contribution in [0.25, 0.3) is 11.0 Å². The van der Waals surface area contributed by atoms with Crippen LogP contribution in [0.15, 0.2) is 63.9 Å². The Bertz CT molecular complexity index is 920. The van der Waals surface area contributed by atoms with E-state index < -0.39 is 11.9 Å². The lowest BCUT2D eigenvalue weighted by atomic mass is 10.2. The molecule has 29 heavy (non-hydrogen) atoms. The van der Waals surface area contributed by atoms with E-state index in [1.807, 2.05) is 42.5 Å². The molecule has 152 valence electrons. The van der Waals surface area contributed by atoms with Gasteiger partial charge in [-0.3, -0.25) is 14.8 Å². The first kappa shape index (κ1) is 20.8. The molecule has 3 rings (SSSR count). The molecule has 3 amide bonds. The van der Waals surface area contributed by atoms with Crippen LogP contribution in [0.5, 0.6) is 5.75 Å². The highest BCUT2D eigenvalue weighted by Gasteiger charge is 2.15. The number of amides is 3. The third-order valence-corrected chi connectivity index (χ3v) is 5.02. The summed E-state index contributed by atoms with van der Waals surface area (Å²) >= 11 is 1.11. The summed E-state index contributed by atoms with van der Waals surface area (Å²) in [6.45, 7) is 2.89. The Morgan fingerprint density at radius 3 is 2.59 bits per heavy atom. The van der Waals surface area contributed by atoms with Crippen LogP contribution in [0.3, 0.4) is 0 Å². The van der Waals surface area contributed by atoms with Crippen molar-refractivity contribution in [1.82, 2.24) is 10.0 Å². The Kier molecular flexibility index (Phi) is 7.58. The van der Waals surface area contributed by atoms with Crippen molar-refractivity contribution in [3.8, 4) is 5.75 Å². The van der Waals surface area contributed by atoms with E-state index in [9.17, 15) is 9.59 Å². The number of furan rings is 1. The molecule has 2 N–H and O–H groups in total. The minimum Gasteiger partial charge on any atom is -0.494 e. The molecule has 0 atom stereocenters. The largest absolute Gasteiger partial charge is 0.494 e. The molecule has 3 aromatic rings. The van der Waals surface area contributed by atoms with Gasteiger partial charge in [0.1, 0.15) is 11.3 Å². The van der Waals surface area contributed by atoms with Gasteiger partial charge in [0, 0.05) is 10.3 Å². The summed E-state index contributed by atoms with van der Waals surface area (Å²) in [6.07, 6.45) is 4.66. The zero-order valence-corrected chi connectivity index (χ0v) is 17.1. The number of rotatable bonds is 9. The first-order valence-electron chi connectivity index (χ1n) is 9.65. The van der Waals surface area contributed by atoms with Gasteiger partial charge in [-0.2, -0.15) is 0 Å². The molecule has 0 fully saturated rings. The second-order valence-corrected chi connectivity index (χ2v) is 7.40. The van der Waals surface area contributed by atoms with Gasteiger partial charge in [0.05, 0.1) is 6.61 Å². The average molecular weight is 413 g/mol. The van der Waals surface area contributed by atoms with Gasteiger partial charge in [0.15, 0.2) is 5.76 Å². The van der Waals surface area contributed by atoms with Crippen LogP contribution < -0.4 is 14.8 Å². The van der Waals surface area contributed by atoms with Crippen LogP contribution in [0.4, 0.5) is 4.79 Å². The fourth-order valence-electron chi connectivity index (χ4n) is 2.71. The minimum absolute atomic E-state index is 0.0896. The van der Waals surface area contributed by atoms with Gasteiger partial charge in [-0.15, -0.1) is 0 Å². The number of para-hydroxylation sites is 1. The number of carbonyl (C=O) groups is 2. The van der Waals surface area contributed by atoms with Crippen molar-refractivity contribution in [3.63, 3.8) is 0 Å². The standard InChI is InChI=1S/C22H24N2O4S/c1-2-3-4-7-14-27-17-10-12-18(13-11-17)29-24-22(26)23-21(25)20-15-16-8-5-6-9-19(16)28-20/h5-6,8-13,15H,2-4,7,14H2,1H3,(H2,23,24,25,26). The summed E-state index contributed by atoms with van der Waals surface area (Å²) in [5.41, 5.74) is 0.597. The van der Waals surface area contributed by atoms with Crippen molar-refractivity contribution in [2.45, 2.75) is 37.5 Å². The number of hydrogen-bond acceptors (Lipinski definition) is 5. The van der Waals surface area contributed by atoms with E-state index in [0.29, 0.717) is 12.2 Å². The number of hydrogen-bond donors (Lipinski definition) is 2. The van der Waals surface area contributed by atoms with Crippen molar-refractivity contribution < 1.29 is 18.7 Å². The molecule has 1 aromatic heterocycles. The number of benzene rings is 2. The third-order valence-electron chi connectivity index (χ3n) is 4.23. The summed E-state index contributed by atoms with van der Waals surface area (Å²) in [7, 11) is 0. The van der Waals surface area contributed by atoms with Gasteiger partial charge < -0.3 is 9.15 Å². The highest BCUT2D eigenvalue weighted by Crippen LogP contribution is 2.20. The van der Waals surface area contributed by atoms with Gasteiger partial charge in [-0.25, -0.2) is 4.79 Å². The van der Waals surface area contributed by atoms with Crippen molar-refractivity contribution in [3.05, 3.63) is 60.4 Å². The zero-order valence-electron chi connectivity index (χ0n) is 16.3. The number of nitrogens with one attached hydrogen (secondary N) is 2. The Balaban J connectivity index is 1.42. The van der Waals surface area contributed by atoms with Gasteiger partial charge in [-0.1, -0.05) is 44.4 Å². The summed E-state index contributed by atoms with van der Waals surface area (Å²) < 4.78 is 13.7. The Labute approximate surface area is 174 Å². The summed E-state index contributed by atoms with van der Waals surface area (Å²) in [6, 6.07) is 15.7. The average Bonchev–Trinajstić information content (AvgIpc) is 3.17. The number of carbonyl (C=O) groups excluding carboxylic acids is 2. The number of urea groups is 1. The van der Waals surface area contributed by atoms with Crippen LogP contribution >= 0.6 is 11.9 Å². The topological polar surface area (TPSA) is 80.6 Å². The second kappa shape index (κ2) is 10.6. The smallest absolute Gasteiger partial charge is 0.332 e. The lowest BCUT2D eigenvalue weighted by molar-refractivity contribution is 0.0940. The van der Waals surface area contributed by atoms with Crippen LogP contribution in [-0.4, -0.2) is 18.5 Å². The molecule has 0 saturated carbocycles. The monoisotopic (exact) mass is 412 g/mol. The van der Waals surface area contributed by atoms with Crippen LogP contribution in [-0.2, 0) is 0 Å². The second-order valence-electron chi connectivity index (χ2n) is 6.52. The molecule has 0 spiro atoms. The molecule has 0 aliphatic carbocycles. The predicted molar refractivity (Wildman–Crippen MR) is 114 cm³/mol. The van der Waals surface area contributed by atoms with Crippen molar-refractivity contribution >= 4 is 34.9 Å². The van der Waals surface area contributed by atoms with E-state index >= 15 is 0 Å². The summed E-state index contributed by atoms with van der Waals surface area (Å²) in [5, 5.41) is 3.06. The summed E-state index contributed by atoms with van der Waals surface area (Å²) in [5.74, 6) is 0.299. The number of imide groups is 1. The third kappa shape index (κ3) is 6.29. The Morgan fingerprint density at radius 1 is 1.03 bits per heavy atom. The van der Waals surface area contributed by atoms with Crippen LogP contribution in [0, 0.1) is 0 Å². The van der Waals surface area contributed by atoms with Crippen molar-refractivity contribution in [1.29, 1.82) is 0 Å². The van der Waals surface area contributed by atoms with Crippen molar-refractivity contribution in [2.75, 3.05) is 6.61 Å². The maximum absolute atomic E-state index is 12.2. The maximum Gasteiger partial charge on any atom is 0.332 e.